The summed E-state index contributed by atoms with van der Waals surface area (Å²) in [5, 5.41) is 4.42. The molecule has 0 bridgehead atoms. The van der Waals surface area contributed by atoms with Gasteiger partial charge in [-0.05, 0) is 56.9 Å². The minimum absolute atomic E-state index is 0.153. The van der Waals surface area contributed by atoms with Crippen molar-refractivity contribution in [2.45, 2.75) is 82.4 Å². The number of amides is 1. The third-order valence-electron chi connectivity index (χ3n) is 6.21. The van der Waals surface area contributed by atoms with Gasteiger partial charge in [0.1, 0.15) is 6.54 Å². The van der Waals surface area contributed by atoms with Gasteiger partial charge in [-0.1, -0.05) is 80.8 Å². The third-order valence-corrected chi connectivity index (χ3v) is 8.00. The Hall–Kier alpha value is -2.67. The molecule has 0 unspecified atom stereocenters. The second kappa shape index (κ2) is 13.3. The lowest BCUT2D eigenvalue weighted by atomic mass is 10.00. The number of benzene rings is 2. The number of carbonyl (C=O) groups excluding carboxylic acids is 1. The SMILES string of the molecule is Cc1ccc(S(=O)(=O)N(CC(=O)NN=C2CCCCCCCCCCC2)c2ccccc2)cc1. The summed E-state index contributed by atoms with van der Waals surface area (Å²) in [6.07, 6.45) is 12.7. The van der Waals surface area contributed by atoms with Crippen LogP contribution in [0.4, 0.5) is 5.69 Å². The molecule has 7 heteroatoms. The lowest BCUT2D eigenvalue weighted by molar-refractivity contribution is -0.119. The van der Waals surface area contributed by atoms with E-state index in [4.69, 9.17) is 0 Å². The predicted octanol–water partition coefficient (Wildman–Crippen LogP) is 5.97. The number of aryl methyl sites for hydroxylation is 1. The Kier molecular flexibility index (Phi) is 10.1. The van der Waals surface area contributed by atoms with Crippen LogP contribution in [0.3, 0.4) is 0 Å². The van der Waals surface area contributed by atoms with Crippen molar-refractivity contribution in [3.8, 4) is 0 Å². The molecule has 1 aliphatic carbocycles. The van der Waals surface area contributed by atoms with E-state index < -0.39 is 15.9 Å². The summed E-state index contributed by atoms with van der Waals surface area (Å²) >= 11 is 0. The molecule has 0 heterocycles. The van der Waals surface area contributed by atoms with Gasteiger partial charge in [0.2, 0.25) is 0 Å². The highest BCUT2D eigenvalue weighted by atomic mass is 32.2. The topological polar surface area (TPSA) is 78.8 Å². The number of hydrogen-bond acceptors (Lipinski definition) is 4. The maximum Gasteiger partial charge on any atom is 0.264 e. The van der Waals surface area contributed by atoms with E-state index in [1.165, 1.54) is 44.9 Å². The monoisotopic (exact) mass is 483 g/mol. The van der Waals surface area contributed by atoms with Gasteiger partial charge in [0.25, 0.3) is 15.9 Å². The smallest absolute Gasteiger partial charge is 0.264 e. The van der Waals surface area contributed by atoms with Gasteiger partial charge in [-0.15, -0.1) is 0 Å². The van der Waals surface area contributed by atoms with Crippen molar-refractivity contribution in [2.24, 2.45) is 5.10 Å². The molecule has 1 amide bonds. The lowest BCUT2D eigenvalue weighted by Gasteiger charge is -2.23. The van der Waals surface area contributed by atoms with Gasteiger partial charge in [-0.3, -0.25) is 9.10 Å². The number of para-hydroxylation sites is 1. The first-order valence-electron chi connectivity index (χ1n) is 12.5. The van der Waals surface area contributed by atoms with Gasteiger partial charge < -0.3 is 0 Å². The quantitative estimate of drug-likeness (QED) is 0.514. The number of hydrazone groups is 1. The molecule has 3 rings (SSSR count). The van der Waals surface area contributed by atoms with E-state index in [0.717, 1.165) is 41.3 Å². The second-order valence-electron chi connectivity index (χ2n) is 9.06. The average molecular weight is 484 g/mol. The van der Waals surface area contributed by atoms with Crippen LogP contribution in [0.15, 0.2) is 64.6 Å². The van der Waals surface area contributed by atoms with Crippen molar-refractivity contribution in [1.29, 1.82) is 0 Å². The number of rotatable bonds is 6. The number of nitrogens with zero attached hydrogens (tertiary/aromatic N) is 2. The fraction of sp³-hybridized carbons (Fsp3) is 0.481. The van der Waals surface area contributed by atoms with E-state index in [0.29, 0.717) is 5.69 Å². The van der Waals surface area contributed by atoms with Crippen molar-refractivity contribution >= 4 is 27.3 Å². The summed E-state index contributed by atoms with van der Waals surface area (Å²) in [5.41, 5.74) is 5.05. The molecule has 1 saturated carbocycles. The Morgan fingerprint density at radius 2 is 1.35 bits per heavy atom. The van der Waals surface area contributed by atoms with Gasteiger partial charge in [-0.2, -0.15) is 5.10 Å². The molecular weight excluding hydrogens is 446 g/mol. The van der Waals surface area contributed by atoms with E-state index in [9.17, 15) is 13.2 Å². The maximum atomic E-state index is 13.4. The lowest BCUT2D eigenvalue weighted by Crippen LogP contribution is -2.39. The Morgan fingerprint density at radius 3 is 1.91 bits per heavy atom. The minimum Gasteiger partial charge on any atom is -0.271 e. The Balaban J connectivity index is 1.72. The zero-order chi connectivity index (χ0) is 24.2. The molecule has 2 aromatic rings. The van der Waals surface area contributed by atoms with Gasteiger partial charge >= 0.3 is 0 Å². The summed E-state index contributed by atoms with van der Waals surface area (Å²) in [4.78, 5) is 13.0. The van der Waals surface area contributed by atoms with Crippen molar-refractivity contribution in [1.82, 2.24) is 5.43 Å². The van der Waals surface area contributed by atoms with E-state index in [2.05, 4.69) is 10.5 Å². The summed E-state index contributed by atoms with van der Waals surface area (Å²) in [6, 6.07) is 15.4. The number of anilines is 1. The summed E-state index contributed by atoms with van der Waals surface area (Å²) in [5.74, 6) is -0.446. The number of carbonyl (C=O) groups is 1. The molecule has 1 N–H and O–H groups in total. The van der Waals surface area contributed by atoms with Crippen LogP contribution in [-0.4, -0.2) is 26.6 Å². The highest BCUT2D eigenvalue weighted by Gasteiger charge is 2.27. The van der Waals surface area contributed by atoms with E-state index in [1.807, 2.05) is 13.0 Å². The molecular formula is C27H37N3O3S. The Bertz CT molecular complexity index is 1020. The summed E-state index contributed by atoms with van der Waals surface area (Å²) in [7, 11) is -3.91. The maximum absolute atomic E-state index is 13.4. The van der Waals surface area contributed by atoms with E-state index >= 15 is 0 Å². The molecule has 34 heavy (non-hydrogen) atoms. The van der Waals surface area contributed by atoms with Crippen molar-refractivity contribution in [3.63, 3.8) is 0 Å². The molecule has 0 aromatic heterocycles. The highest BCUT2D eigenvalue weighted by molar-refractivity contribution is 7.92. The average Bonchev–Trinajstić information content (AvgIpc) is 2.83. The normalized spacial score (nSPS) is 16.1. The van der Waals surface area contributed by atoms with Crippen LogP contribution in [0, 0.1) is 6.92 Å². The van der Waals surface area contributed by atoms with Crippen molar-refractivity contribution in [3.05, 3.63) is 60.2 Å². The summed E-state index contributed by atoms with van der Waals surface area (Å²) in [6.45, 7) is 1.57. The number of hydrogen-bond donors (Lipinski definition) is 1. The van der Waals surface area contributed by atoms with Crippen LogP contribution >= 0.6 is 0 Å². The van der Waals surface area contributed by atoms with Crippen LogP contribution in [0.5, 0.6) is 0 Å². The van der Waals surface area contributed by atoms with E-state index in [-0.39, 0.29) is 11.4 Å². The fourth-order valence-corrected chi connectivity index (χ4v) is 5.61. The molecule has 0 atom stereocenters. The fourth-order valence-electron chi connectivity index (χ4n) is 4.19. The Labute approximate surface area is 204 Å². The first-order valence-corrected chi connectivity index (χ1v) is 13.9. The molecule has 6 nitrogen and oxygen atoms in total. The zero-order valence-corrected chi connectivity index (χ0v) is 21.0. The van der Waals surface area contributed by atoms with Crippen LogP contribution in [0.2, 0.25) is 0 Å². The predicted molar refractivity (Wildman–Crippen MR) is 139 cm³/mol. The summed E-state index contributed by atoms with van der Waals surface area (Å²) < 4.78 is 28.0. The van der Waals surface area contributed by atoms with Crippen molar-refractivity contribution in [2.75, 3.05) is 10.8 Å². The molecule has 0 aliphatic heterocycles. The van der Waals surface area contributed by atoms with Gasteiger partial charge in [-0.25, -0.2) is 13.8 Å². The van der Waals surface area contributed by atoms with Crippen LogP contribution in [-0.2, 0) is 14.8 Å². The standard InChI is InChI=1S/C27H37N3O3S/c1-23-18-20-26(21-19-23)34(32,33)30(25-16-12-9-13-17-25)22-27(31)29-28-24-14-10-7-5-3-2-4-6-8-11-15-24/h9,12-13,16-21H,2-8,10-11,14-15,22H2,1H3,(H,29,31). The molecule has 1 fully saturated rings. The highest BCUT2D eigenvalue weighted by Crippen LogP contribution is 2.23. The Morgan fingerprint density at radius 1 is 0.824 bits per heavy atom. The molecule has 2 aromatic carbocycles. The van der Waals surface area contributed by atoms with Gasteiger partial charge in [0.05, 0.1) is 10.6 Å². The van der Waals surface area contributed by atoms with Crippen molar-refractivity contribution < 1.29 is 13.2 Å². The largest absolute Gasteiger partial charge is 0.271 e. The zero-order valence-electron chi connectivity index (χ0n) is 20.2. The molecule has 184 valence electrons. The van der Waals surface area contributed by atoms with Gasteiger partial charge in [0.15, 0.2) is 0 Å². The first-order chi connectivity index (χ1) is 16.5. The molecule has 0 saturated heterocycles. The van der Waals surface area contributed by atoms with E-state index in [1.54, 1.807) is 48.5 Å². The first kappa shape index (κ1) is 25.9. The molecule has 0 spiro atoms. The number of sulfonamides is 1. The second-order valence-corrected chi connectivity index (χ2v) is 10.9. The molecule has 1 aliphatic rings. The van der Waals surface area contributed by atoms with Crippen LogP contribution in [0.25, 0.3) is 0 Å². The third kappa shape index (κ3) is 7.97. The minimum atomic E-state index is -3.91. The van der Waals surface area contributed by atoms with Crippen LogP contribution < -0.4 is 9.73 Å². The number of nitrogens with one attached hydrogen (secondary N) is 1. The molecule has 0 radical (unpaired) electrons. The van der Waals surface area contributed by atoms with Crippen LogP contribution in [0.1, 0.15) is 76.2 Å². The van der Waals surface area contributed by atoms with Gasteiger partial charge in [0, 0.05) is 5.71 Å².